The Hall–Kier alpha value is -1.10. The lowest BCUT2D eigenvalue weighted by Gasteiger charge is -2.37. The van der Waals surface area contributed by atoms with Crippen molar-refractivity contribution >= 4 is 5.69 Å². The Morgan fingerprint density at radius 3 is 2.58 bits per heavy atom. The third kappa shape index (κ3) is 3.47. The number of para-hydroxylation sites is 1. The maximum atomic E-state index is 10.5. The molecule has 1 heterocycles. The van der Waals surface area contributed by atoms with E-state index in [4.69, 9.17) is 4.74 Å². The minimum atomic E-state index is -0.696. The summed E-state index contributed by atoms with van der Waals surface area (Å²) in [4.78, 5) is 2.02. The van der Waals surface area contributed by atoms with Crippen molar-refractivity contribution in [3.8, 4) is 0 Å². The molecule has 1 aliphatic heterocycles. The maximum absolute atomic E-state index is 10.5. The van der Waals surface area contributed by atoms with Gasteiger partial charge in [-0.2, -0.15) is 0 Å². The summed E-state index contributed by atoms with van der Waals surface area (Å²) in [6, 6.07) is 7.77. The van der Waals surface area contributed by atoms with Gasteiger partial charge in [-0.3, -0.25) is 0 Å². The fourth-order valence-electron chi connectivity index (χ4n) is 2.62. The van der Waals surface area contributed by atoms with Gasteiger partial charge < -0.3 is 19.8 Å². The highest BCUT2D eigenvalue weighted by Crippen LogP contribution is 2.28. The Morgan fingerprint density at radius 1 is 1.32 bits per heavy atom. The molecule has 0 aliphatic carbocycles. The normalized spacial score (nSPS) is 20.0. The molecule has 0 unspecified atom stereocenters. The Morgan fingerprint density at radius 2 is 1.95 bits per heavy atom. The first-order valence-electron chi connectivity index (χ1n) is 6.80. The molecule has 1 aromatic rings. The number of aliphatic hydroxyl groups excluding tert-OH is 1. The molecule has 1 saturated heterocycles. The highest BCUT2D eigenvalue weighted by molar-refractivity contribution is 5.54. The molecule has 0 aromatic heterocycles. The van der Waals surface area contributed by atoms with Crippen LogP contribution in [0, 0.1) is 0 Å². The van der Waals surface area contributed by atoms with E-state index in [2.05, 4.69) is 0 Å². The Kier molecular flexibility index (Phi) is 4.45. The van der Waals surface area contributed by atoms with Crippen LogP contribution in [0.25, 0.3) is 0 Å². The second kappa shape index (κ2) is 5.90. The van der Waals surface area contributed by atoms with Crippen LogP contribution >= 0.6 is 0 Å². The molecule has 19 heavy (non-hydrogen) atoms. The van der Waals surface area contributed by atoms with Gasteiger partial charge >= 0.3 is 0 Å². The van der Waals surface area contributed by atoms with Gasteiger partial charge in [0.15, 0.2) is 0 Å². The summed E-state index contributed by atoms with van der Waals surface area (Å²) in [6.45, 7) is 3.54. The summed E-state index contributed by atoms with van der Waals surface area (Å²) in [5.74, 6) is 0. The fourth-order valence-corrected chi connectivity index (χ4v) is 2.62. The minimum absolute atomic E-state index is 0.511. The first kappa shape index (κ1) is 14.3. The van der Waals surface area contributed by atoms with Gasteiger partial charge in [0.05, 0.1) is 11.7 Å². The van der Waals surface area contributed by atoms with Crippen LogP contribution < -0.4 is 4.90 Å². The predicted octanol–water partition coefficient (Wildman–Crippen LogP) is 1.72. The minimum Gasteiger partial charge on any atom is -0.389 e. The number of ether oxygens (including phenoxy) is 1. The standard InChI is InChI=1S/C15H23NO3/c1-12(17)13-5-3-4-6-14(13)16(2)11-15(18)7-9-19-10-8-15/h3-6,12,17-18H,7-11H2,1-2H3/t12-/m1/s1. The number of rotatable bonds is 4. The summed E-state index contributed by atoms with van der Waals surface area (Å²) >= 11 is 0. The summed E-state index contributed by atoms with van der Waals surface area (Å²) in [7, 11) is 1.95. The average molecular weight is 265 g/mol. The lowest BCUT2D eigenvalue weighted by molar-refractivity contribution is -0.0573. The van der Waals surface area contributed by atoms with E-state index in [1.54, 1.807) is 6.92 Å². The quantitative estimate of drug-likeness (QED) is 0.870. The monoisotopic (exact) mass is 265 g/mol. The maximum Gasteiger partial charge on any atom is 0.0865 e. The zero-order chi connectivity index (χ0) is 13.9. The summed E-state index contributed by atoms with van der Waals surface area (Å²) in [6.07, 6.45) is 0.811. The first-order chi connectivity index (χ1) is 9.02. The van der Waals surface area contributed by atoms with E-state index >= 15 is 0 Å². The van der Waals surface area contributed by atoms with E-state index < -0.39 is 11.7 Å². The zero-order valence-electron chi connectivity index (χ0n) is 11.7. The van der Waals surface area contributed by atoms with Gasteiger partial charge in [-0.25, -0.2) is 0 Å². The van der Waals surface area contributed by atoms with E-state index in [1.165, 1.54) is 0 Å². The largest absolute Gasteiger partial charge is 0.389 e. The Bertz CT molecular complexity index is 414. The van der Waals surface area contributed by atoms with Crippen molar-refractivity contribution in [3.63, 3.8) is 0 Å². The van der Waals surface area contributed by atoms with E-state index in [0.29, 0.717) is 32.6 Å². The van der Waals surface area contributed by atoms with Gasteiger partial charge in [-0.05, 0) is 13.0 Å². The molecule has 2 rings (SSSR count). The molecule has 2 N–H and O–H groups in total. The number of hydrogen-bond donors (Lipinski definition) is 2. The highest BCUT2D eigenvalue weighted by Gasteiger charge is 2.31. The summed E-state index contributed by atoms with van der Waals surface area (Å²) < 4.78 is 5.30. The van der Waals surface area contributed by atoms with Crippen molar-refractivity contribution in [3.05, 3.63) is 29.8 Å². The van der Waals surface area contributed by atoms with Crippen LogP contribution in [-0.2, 0) is 4.74 Å². The molecular formula is C15H23NO3. The van der Waals surface area contributed by atoms with Crippen LogP contribution in [0.3, 0.4) is 0 Å². The smallest absolute Gasteiger partial charge is 0.0865 e. The molecule has 0 amide bonds. The highest BCUT2D eigenvalue weighted by atomic mass is 16.5. The predicted molar refractivity (Wildman–Crippen MR) is 75.3 cm³/mol. The second-order valence-corrected chi connectivity index (χ2v) is 5.43. The molecule has 0 saturated carbocycles. The van der Waals surface area contributed by atoms with Crippen LogP contribution in [0.15, 0.2) is 24.3 Å². The van der Waals surface area contributed by atoms with Crippen molar-refractivity contribution in [1.82, 2.24) is 0 Å². The van der Waals surface area contributed by atoms with Crippen LogP contribution in [0.1, 0.15) is 31.4 Å². The number of benzene rings is 1. The van der Waals surface area contributed by atoms with E-state index in [-0.39, 0.29) is 0 Å². The Labute approximate surface area is 114 Å². The van der Waals surface area contributed by atoms with Crippen molar-refractivity contribution in [2.24, 2.45) is 0 Å². The molecular weight excluding hydrogens is 242 g/mol. The van der Waals surface area contributed by atoms with E-state index in [0.717, 1.165) is 11.3 Å². The fraction of sp³-hybridized carbons (Fsp3) is 0.600. The van der Waals surface area contributed by atoms with Gasteiger partial charge in [0.25, 0.3) is 0 Å². The molecule has 0 bridgehead atoms. The number of likely N-dealkylation sites (N-methyl/N-ethyl adjacent to an activating group) is 1. The third-order valence-electron chi connectivity index (χ3n) is 3.75. The third-order valence-corrected chi connectivity index (χ3v) is 3.75. The van der Waals surface area contributed by atoms with Crippen LogP contribution in [0.5, 0.6) is 0 Å². The topological polar surface area (TPSA) is 52.9 Å². The van der Waals surface area contributed by atoms with Crippen molar-refractivity contribution in [1.29, 1.82) is 0 Å². The summed E-state index contributed by atoms with van der Waals surface area (Å²) in [5, 5.41) is 20.4. The van der Waals surface area contributed by atoms with Crippen molar-refractivity contribution < 1.29 is 14.9 Å². The molecule has 0 spiro atoms. The number of anilines is 1. The van der Waals surface area contributed by atoms with Crippen LogP contribution in [0.4, 0.5) is 5.69 Å². The number of hydrogen-bond acceptors (Lipinski definition) is 4. The molecule has 1 aliphatic rings. The molecule has 1 fully saturated rings. The first-order valence-corrected chi connectivity index (χ1v) is 6.80. The molecule has 106 valence electrons. The lowest BCUT2D eigenvalue weighted by atomic mass is 9.93. The van der Waals surface area contributed by atoms with Crippen LogP contribution in [-0.4, -0.2) is 42.6 Å². The molecule has 0 radical (unpaired) electrons. The summed E-state index contributed by atoms with van der Waals surface area (Å²) in [5.41, 5.74) is 1.16. The van der Waals surface area contributed by atoms with Crippen LogP contribution in [0.2, 0.25) is 0 Å². The van der Waals surface area contributed by atoms with E-state index in [1.807, 2.05) is 36.2 Å². The van der Waals surface area contributed by atoms with Crippen molar-refractivity contribution in [2.75, 3.05) is 31.7 Å². The Balaban J connectivity index is 2.13. The molecule has 1 aromatic carbocycles. The van der Waals surface area contributed by atoms with Gasteiger partial charge in [0.2, 0.25) is 0 Å². The number of aliphatic hydroxyl groups is 2. The molecule has 4 nitrogen and oxygen atoms in total. The zero-order valence-corrected chi connectivity index (χ0v) is 11.7. The van der Waals surface area contributed by atoms with Gasteiger partial charge in [-0.1, -0.05) is 18.2 Å². The van der Waals surface area contributed by atoms with Gasteiger partial charge in [0.1, 0.15) is 0 Å². The SMILES string of the molecule is C[C@@H](O)c1ccccc1N(C)CC1(O)CCOCC1. The van der Waals surface area contributed by atoms with Crippen molar-refractivity contribution in [2.45, 2.75) is 31.5 Å². The van der Waals surface area contributed by atoms with Gasteiger partial charge in [0, 0.05) is 50.9 Å². The number of nitrogens with zero attached hydrogens (tertiary/aromatic N) is 1. The second-order valence-electron chi connectivity index (χ2n) is 5.43. The average Bonchev–Trinajstić information content (AvgIpc) is 2.39. The van der Waals surface area contributed by atoms with E-state index in [9.17, 15) is 10.2 Å². The lowest BCUT2D eigenvalue weighted by Crippen LogP contribution is -2.46. The molecule has 1 atom stereocenters. The molecule has 4 heteroatoms. The van der Waals surface area contributed by atoms with Gasteiger partial charge in [-0.15, -0.1) is 0 Å².